The lowest BCUT2D eigenvalue weighted by Gasteiger charge is -2.11. The van der Waals surface area contributed by atoms with Crippen molar-refractivity contribution < 1.29 is 12.8 Å². The molecule has 3 aromatic rings. The van der Waals surface area contributed by atoms with Gasteiger partial charge in [-0.25, -0.2) is 8.42 Å². The third-order valence-electron chi connectivity index (χ3n) is 4.86. The molecule has 7 nitrogen and oxygen atoms in total. The number of sulfonamides is 1. The molecular weight excluding hydrogens is 364 g/mol. The van der Waals surface area contributed by atoms with Crippen LogP contribution >= 0.6 is 0 Å². The van der Waals surface area contributed by atoms with Crippen LogP contribution in [0.3, 0.4) is 0 Å². The summed E-state index contributed by atoms with van der Waals surface area (Å²) in [6.45, 7) is 9.38. The van der Waals surface area contributed by atoms with Crippen molar-refractivity contribution in [3.05, 3.63) is 46.5 Å². The zero-order valence-corrected chi connectivity index (χ0v) is 17.2. The molecule has 0 aliphatic rings. The maximum Gasteiger partial charge on any atom is 0.264 e. The van der Waals surface area contributed by atoms with Crippen molar-refractivity contribution in [2.75, 3.05) is 4.72 Å². The van der Waals surface area contributed by atoms with E-state index in [1.54, 1.807) is 31.5 Å². The molecule has 0 saturated heterocycles. The monoisotopic (exact) mass is 388 g/mol. The Balaban J connectivity index is 2.08. The Labute approximate surface area is 159 Å². The zero-order valence-electron chi connectivity index (χ0n) is 16.4. The summed E-state index contributed by atoms with van der Waals surface area (Å²) in [6, 6.07) is 5.49. The van der Waals surface area contributed by atoms with Gasteiger partial charge in [0.15, 0.2) is 0 Å². The van der Waals surface area contributed by atoms with Crippen molar-refractivity contribution in [1.29, 1.82) is 0 Å². The number of nitrogens with zero attached hydrogens (tertiary/aromatic N) is 3. The van der Waals surface area contributed by atoms with Gasteiger partial charge in [0.05, 0.1) is 0 Å². The molecule has 2 heterocycles. The molecule has 0 fully saturated rings. The number of benzene rings is 1. The SMILES string of the molecule is CCc1nnc(-c2c(C)c(S(=O)(=O)Nc3ccc(C)c(C)c3)c(C)n2C)o1. The van der Waals surface area contributed by atoms with Crippen LogP contribution in [0.2, 0.25) is 0 Å². The van der Waals surface area contributed by atoms with Crippen molar-refractivity contribution in [3.8, 4) is 11.6 Å². The average molecular weight is 388 g/mol. The third kappa shape index (κ3) is 3.37. The van der Waals surface area contributed by atoms with Crippen LogP contribution in [0.4, 0.5) is 5.69 Å². The van der Waals surface area contributed by atoms with E-state index in [0.29, 0.717) is 40.8 Å². The quantitative estimate of drug-likeness (QED) is 0.720. The Morgan fingerprint density at radius 1 is 1.11 bits per heavy atom. The molecule has 0 aliphatic heterocycles. The van der Waals surface area contributed by atoms with Crippen molar-refractivity contribution >= 4 is 15.7 Å². The van der Waals surface area contributed by atoms with Crippen molar-refractivity contribution in [3.63, 3.8) is 0 Å². The van der Waals surface area contributed by atoms with Gasteiger partial charge in [-0.1, -0.05) is 13.0 Å². The highest BCUT2D eigenvalue weighted by atomic mass is 32.2. The molecule has 2 aromatic heterocycles. The lowest BCUT2D eigenvalue weighted by molar-refractivity contribution is 0.508. The van der Waals surface area contributed by atoms with Crippen molar-refractivity contribution in [1.82, 2.24) is 14.8 Å². The number of aryl methyl sites for hydroxylation is 3. The van der Waals surface area contributed by atoms with E-state index in [1.165, 1.54) is 0 Å². The van der Waals surface area contributed by atoms with Crippen molar-refractivity contribution in [2.45, 2.75) is 45.9 Å². The summed E-state index contributed by atoms with van der Waals surface area (Å²) in [5.41, 5.74) is 4.46. The Morgan fingerprint density at radius 3 is 2.41 bits per heavy atom. The van der Waals surface area contributed by atoms with Gasteiger partial charge >= 0.3 is 0 Å². The molecule has 144 valence electrons. The first-order valence-electron chi connectivity index (χ1n) is 8.74. The predicted molar refractivity (Wildman–Crippen MR) is 104 cm³/mol. The number of nitrogens with one attached hydrogen (secondary N) is 1. The van der Waals surface area contributed by atoms with Gasteiger partial charge in [0.2, 0.25) is 5.89 Å². The number of rotatable bonds is 5. The third-order valence-corrected chi connectivity index (χ3v) is 6.51. The minimum Gasteiger partial charge on any atom is -0.419 e. The number of anilines is 1. The standard InChI is InChI=1S/C19H24N4O3S/c1-7-16-20-21-19(26-16)17-13(4)18(14(5)23(17)6)27(24,25)22-15-9-8-11(2)12(3)10-15/h8-10,22H,7H2,1-6H3. The minimum atomic E-state index is -3.77. The van der Waals surface area contributed by atoms with E-state index in [4.69, 9.17) is 4.42 Å². The first-order chi connectivity index (χ1) is 12.7. The van der Waals surface area contributed by atoms with E-state index in [-0.39, 0.29) is 4.90 Å². The van der Waals surface area contributed by atoms with E-state index in [0.717, 1.165) is 11.1 Å². The normalized spacial score (nSPS) is 11.8. The lowest BCUT2D eigenvalue weighted by Crippen LogP contribution is -2.15. The van der Waals surface area contributed by atoms with E-state index >= 15 is 0 Å². The molecule has 0 spiro atoms. The lowest BCUT2D eigenvalue weighted by atomic mass is 10.1. The summed E-state index contributed by atoms with van der Waals surface area (Å²) in [7, 11) is -1.98. The number of hydrogen-bond donors (Lipinski definition) is 1. The number of aromatic nitrogens is 3. The molecule has 0 radical (unpaired) electrons. The van der Waals surface area contributed by atoms with Crippen LogP contribution < -0.4 is 4.72 Å². The smallest absolute Gasteiger partial charge is 0.264 e. The van der Waals surface area contributed by atoms with Crippen LogP contribution in [0.1, 0.15) is 35.2 Å². The second-order valence-corrected chi connectivity index (χ2v) is 8.33. The van der Waals surface area contributed by atoms with Crippen LogP contribution in [0, 0.1) is 27.7 Å². The fourth-order valence-corrected chi connectivity index (χ4v) is 4.72. The molecule has 0 amide bonds. The molecule has 0 unspecified atom stereocenters. The zero-order chi connectivity index (χ0) is 19.9. The highest BCUT2D eigenvalue weighted by Gasteiger charge is 2.29. The summed E-state index contributed by atoms with van der Waals surface area (Å²) in [5.74, 6) is 0.837. The maximum atomic E-state index is 13.1. The second kappa shape index (κ2) is 6.84. The molecule has 1 aromatic carbocycles. The minimum absolute atomic E-state index is 0.231. The summed E-state index contributed by atoms with van der Waals surface area (Å²) in [6.07, 6.45) is 0.620. The molecule has 0 aliphatic carbocycles. The topological polar surface area (TPSA) is 90.0 Å². The molecule has 0 bridgehead atoms. The van der Waals surface area contributed by atoms with Gasteiger partial charge in [0.1, 0.15) is 10.6 Å². The highest BCUT2D eigenvalue weighted by molar-refractivity contribution is 7.92. The van der Waals surface area contributed by atoms with Crippen LogP contribution in [0.5, 0.6) is 0 Å². The Hall–Kier alpha value is -2.61. The fourth-order valence-electron chi connectivity index (χ4n) is 3.15. The van der Waals surface area contributed by atoms with E-state index in [9.17, 15) is 8.42 Å². The van der Waals surface area contributed by atoms with Crippen molar-refractivity contribution in [2.24, 2.45) is 7.05 Å². The Morgan fingerprint density at radius 2 is 1.81 bits per heavy atom. The summed E-state index contributed by atoms with van der Waals surface area (Å²) < 4.78 is 36.3. The van der Waals surface area contributed by atoms with Crippen LogP contribution in [0.15, 0.2) is 27.5 Å². The molecule has 1 N–H and O–H groups in total. The Bertz CT molecular complexity index is 1110. The Kier molecular flexibility index (Phi) is 4.86. The van der Waals surface area contributed by atoms with Gasteiger partial charge < -0.3 is 8.98 Å². The summed E-state index contributed by atoms with van der Waals surface area (Å²) >= 11 is 0. The predicted octanol–water partition coefficient (Wildman–Crippen LogP) is 3.67. The first-order valence-corrected chi connectivity index (χ1v) is 10.2. The first kappa shape index (κ1) is 19.2. The largest absolute Gasteiger partial charge is 0.419 e. The van der Waals surface area contributed by atoms with Gasteiger partial charge in [-0.15, -0.1) is 10.2 Å². The molecule has 0 atom stereocenters. The molecule has 3 rings (SSSR count). The molecular formula is C19H24N4O3S. The van der Waals surface area contributed by atoms with Crippen LogP contribution in [-0.4, -0.2) is 23.2 Å². The van der Waals surface area contributed by atoms with Gasteiger partial charge in [-0.05, 0) is 51.0 Å². The van der Waals surface area contributed by atoms with E-state index in [2.05, 4.69) is 14.9 Å². The molecule has 27 heavy (non-hydrogen) atoms. The fraction of sp³-hybridized carbons (Fsp3) is 0.368. The van der Waals surface area contributed by atoms with Crippen LogP contribution in [-0.2, 0) is 23.5 Å². The summed E-state index contributed by atoms with van der Waals surface area (Å²) in [4.78, 5) is 0.231. The average Bonchev–Trinajstić information content (AvgIpc) is 3.14. The highest BCUT2D eigenvalue weighted by Crippen LogP contribution is 2.33. The van der Waals surface area contributed by atoms with Gasteiger partial charge in [0, 0.05) is 30.4 Å². The second-order valence-electron chi connectivity index (χ2n) is 6.71. The van der Waals surface area contributed by atoms with E-state index < -0.39 is 10.0 Å². The summed E-state index contributed by atoms with van der Waals surface area (Å²) in [5, 5.41) is 8.05. The van der Waals surface area contributed by atoms with Gasteiger partial charge in [-0.3, -0.25) is 4.72 Å². The van der Waals surface area contributed by atoms with Gasteiger partial charge in [0.25, 0.3) is 15.9 Å². The van der Waals surface area contributed by atoms with E-state index in [1.807, 2.05) is 32.9 Å². The molecule has 0 saturated carbocycles. The van der Waals surface area contributed by atoms with Crippen LogP contribution in [0.25, 0.3) is 11.6 Å². The molecule has 8 heteroatoms. The maximum absolute atomic E-state index is 13.1. The van der Waals surface area contributed by atoms with Gasteiger partial charge in [-0.2, -0.15) is 0 Å². The number of hydrogen-bond acceptors (Lipinski definition) is 5.